The number of aryl methyl sites for hydroxylation is 3. The average Bonchev–Trinajstić information content (AvgIpc) is 2.15. The van der Waals surface area contributed by atoms with Gasteiger partial charge in [-0.25, -0.2) is 0 Å². The van der Waals surface area contributed by atoms with Gasteiger partial charge in [0.15, 0.2) is 0 Å². The van der Waals surface area contributed by atoms with Crippen LogP contribution in [0, 0.1) is 20.8 Å². The normalized spacial score (nSPS) is 10.4. The highest BCUT2D eigenvalue weighted by molar-refractivity contribution is 9.09. The Labute approximate surface area is 101 Å². The van der Waals surface area contributed by atoms with Crippen LogP contribution in [0.2, 0.25) is 0 Å². The van der Waals surface area contributed by atoms with Crippen LogP contribution in [-0.2, 0) is 0 Å². The van der Waals surface area contributed by atoms with E-state index in [-0.39, 0.29) is 0 Å². The molecule has 0 spiro atoms. The topological polar surface area (TPSA) is 9.23 Å². The Morgan fingerprint density at radius 2 is 1.67 bits per heavy atom. The third kappa shape index (κ3) is 3.86. The third-order valence-corrected chi connectivity index (χ3v) is 2.94. The first-order valence-corrected chi connectivity index (χ1v) is 6.54. The number of hydrogen-bond acceptors (Lipinski definition) is 1. The average molecular weight is 271 g/mol. The van der Waals surface area contributed by atoms with E-state index < -0.39 is 0 Å². The largest absolute Gasteiger partial charge is 0.493 e. The van der Waals surface area contributed by atoms with E-state index in [0.29, 0.717) is 0 Å². The molecule has 0 aliphatic carbocycles. The molecule has 0 saturated carbocycles. The monoisotopic (exact) mass is 270 g/mol. The number of alkyl halides is 1. The van der Waals surface area contributed by atoms with Crippen LogP contribution in [0.5, 0.6) is 5.75 Å². The van der Waals surface area contributed by atoms with Gasteiger partial charge in [-0.2, -0.15) is 0 Å². The fourth-order valence-corrected chi connectivity index (χ4v) is 2.16. The smallest absolute Gasteiger partial charge is 0.125 e. The van der Waals surface area contributed by atoms with Gasteiger partial charge in [0.05, 0.1) is 6.61 Å². The predicted molar refractivity (Wildman–Crippen MR) is 69.2 cm³/mol. The quantitative estimate of drug-likeness (QED) is 0.577. The Balaban J connectivity index is 2.60. The lowest BCUT2D eigenvalue weighted by atomic mass is 10.1. The summed E-state index contributed by atoms with van der Waals surface area (Å²) in [6, 6.07) is 4.35. The van der Waals surface area contributed by atoms with E-state index in [1.54, 1.807) is 0 Å². The minimum atomic E-state index is 0.816. The second-order valence-electron chi connectivity index (χ2n) is 3.97. The first kappa shape index (κ1) is 12.6. The minimum Gasteiger partial charge on any atom is -0.493 e. The summed E-state index contributed by atoms with van der Waals surface area (Å²) < 4.78 is 5.80. The molecule has 0 aromatic heterocycles. The zero-order chi connectivity index (χ0) is 11.3. The fraction of sp³-hybridized carbons (Fsp3) is 0.538. The van der Waals surface area contributed by atoms with E-state index in [2.05, 4.69) is 48.8 Å². The number of ether oxygens (including phenoxy) is 1. The van der Waals surface area contributed by atoms with Crippen LogP contribution < -0.4 is 4.74 Å². The highest BCUT2D eigenvalue weighted by Gasteiger charge is 2.04. The van der Waals surface area contributed by atoms with Gasteiger partial charge in [-0.3, -0.25) is 0 Å². The molecule has 15 heavy (non-hydrogen) atoms. The summed E-state index contributed by atoms with van der Waals surface area (Å²) in [4.78, 5) is 0. The summed E-state index contributed by atoms with van der Waals surface area (Å²) in [7, 11) is 0. The second kappa shape index (κ2) is 6.16. The SMILES string of the molecule is Cc1cc(C)c(OCCCCBr)c(C)c1. The zero-order valence-corrected chi connectivity index (χ0v) is 11.4. The van der Waals surface area contributed by atoms with Crippen molar-refractivity contribution >= 4 is 15.9 Å². The van der Waals surface area contributed by atoms with Crippen LogP contribution >= 0.6 is 15.9 Å². The molecule has 0 aliphatic rings. The molecule has 0 fully saturated rings. The highest BCUT2D eigenvalue weighted by Crippen LogP contribution is 2.24. The van der Waals surface area contributed by atoms with Crippen molar-refractivity contribution in [2.45, 2.75) is 33.6 Å². The van der Waals surface area contributed by atoms with Gasteiger partial charge in [-0.1, -0.05) is 33.6 Å². The number of rotatable bonds is 5. The van der Waals surface area contributed by atoms with Gasteiger partial charge >= 0.3 is 0 Å². The van der Waals surface area contributed by atoms with E-state index in [9.17, 15) is 0 Å². The molecule has 1 aromatic rings. The molecular weight excluding hydrogens is 252 g/mol. The summed E-state index contributed by atoms with van der Waals surface area (Å²) in [5.74, 6) is 1.06. The van der Waals surface area contributed by atoms with Crippen molar-refractivity contribution in [1.29, 1.82) is 0 Å². The zero-order valence-electron chi connectivity index (χ0n) is 9.77. The molecule has 0 N–H and O–H groups in total. The maximum atomic E-state index is 5.80. The van der Waals surface area contributed by atoms with Gasteiger partial charge in [-0.05, 0) is 44.7 Å². The van der Waals surface area contributed by atoms with Gasteiger partial charge in [0.1, 0.15) is 5.75 Å². The Morgan fingerprint density at radius 3 is 2.20 bits per heavy atom. The molecule has 0 unspecified atom stereocenters. The Bertz CT molecular complexity index is 297. The van der Waals surface area contributed by atoms with E-state index in [0.717, 1.165) is 24.1 Å². The van der Waals surface area contributed by atoms with Crippen LogP contribution in [0.25, 0.3) is 0 Å². The van der Waals surface area contributed by atoms with Gasteiger partial charge in [-0.15, -0.1) is 0 Å². The first-order valence-electron chi connectivity index (χ1n) is 5.41. The van der Waals surface area contributed by atoms with Crippen LogP contribution in [0.15, 0.2) is 12.1 Å². The van der Waals surface area contributed by atoms with Crippen molar-refractivity contribution in [2.75, 3.05) is 11.9 Å². The Hall–Kier alpha value is -0.500. The van der Waals surface area contributed by atoms with E-state index >= 15 is 0 Å². The molecule has 0 amide bonds. The lowest BCUT2D eigenvalue weighted by Crippen LogP contribution is -2.01. The maximum absolute atomic E-state index is 5.80. The molecule has 0 aliphatic heterocycles. The molecule has 0 atom stereocenters. The number of unbranched alkanes of at least 4 members (excludes halogenated alkanes) is 1. The number of halogens is 1. The fourth-order valence-electron chi connectivity index (χ4n) is 1.77. The number of hydrogen-bond donors (Lipinski definition) is 0. The minimum absolute atomic E-state index is 0.816. The summed E-state index contributed by atoms with van der Waals surface area (Å²) in [6.07, 6.45) is 2.28. The van der Waals surface area contributed by atoms with Gasteiger partial charge in [0, 0.05) is 5.33 Å². The molecule has 0 radical (unpaired) electrons. The molecule has 1 rings (SSSR count). The van der Waals surface area contributed by atoms with Crippen molar-refractivity contribution in [3.8, 4) is 5.75 Å². The highest BCUT2D eigenvalue weighted by atomic mass is 79.9. The van der Waals surface area contributed by atoms with E-state index in [1.165, 1.54) is 23.1 Å². The summed E-state index contributed by atoms with van der Waals surface area (Å²) >= 11 is 3.42. The van der Waals surface area contributed by atoms with Gasteiger partial charge in [0.25, 0.3) is 0 Å². The lowest BCUT2D eigenvalue weighted by Gasteiger charge is -2.12. The van der Waals surface area contributed by atoms with Gasteiger partial charge in [0.2, 0.25) is 0 Å². The molecule has 1 aromatic carbocycles. The molecule has 0 bridgehead atoms. The maximum Gasteiger partial charge on any atom is 0.125 e. The lowest BCUT2D eigenvalue weighted by molar-refractivity contribution is 0.306. The van der Waals surface area contributed by atoms with Crippen molar-refractivity contribution in [3.63, 3.8) is 0 Å². The summed E-state index contributed by atoms with van der Waals surface area (Å²) in [5, 5.41) is 1.06. The summed E-state index contributed by atoms with van der Waals surface area (Å²) in [5.41, 5.74) is 3.79. The molecular formula is C13H19BrO. The van der Waals surface area contributed by atoms with Crippen LogP contribution in [0.1, 0.15) is 29.5 Å². The van der Waals surface area contributed by atoms with Crippen molar-refractivity contribution < 1.29 is 4.74 Å². The van der Waals surface area contributed by atoms with Crippen molar-refractivity contribution in [3.05, 3.63) is 28.8 Å². The van der Waals surface area contributed by atoms with Crippen LogP contribution in [0.4, 0.5) is 0 Å². The first-order chi connectivity index (χ1) is 7.15. The van der Waals surface area contributed by atoms with Crippen LogP contribution in [-0.4, -0.2) is 11.9 Å². The van der Waals surface area contributed by atoms with Crippen LogP contribution in [0.3, 0.4) is 0 Å². The molecule has 2 heteroatoms. The van der Waals surface area contributed by atoms with E-state index in [4.69, 9.17) is 4.74 Å². The molecule has 84 valence electrons. The van der Waals surface area contributed by atoms with E-state index in [1.807, 2.05) is 0 Å². The Kier molecular flexibility index (Phi) is 5.16. The second-order valence-corrected chi connectivity index (χ2v) is 4.77. The van der Waals surface area contributed by atoms with Crippen molar-refractivity contribution in [1.82, 2.24) is 0 Å². The van der Waals surface area contributed by atoms with Gasteiger partial charge < -0.3 is 4.74 Å². The molecule has 1 nitrogen and oxygen atoms in total. The summed E-state index contributed by atoms with van der Waals surface area (Å²) in [6.45, 7) is 7.16. The molecule has 0 saturated heterocycles. The Morgan fingerprint density at radius 1 is 1.07 bits per heavy atom. The molecule has 0 heterocycles. The number of benzene rings is 1. The predicted octanol–water partition coefficient (Wildman–Crippen LogP) is 4.17. The standard InChI is InChI=1S/C13H19BrO/c1-10-8-11(2)13(12(3)9-10)15-7-5-4-6-14/h8-9H,4-7H2,1-3H3. The third-order valence-electron chi connectivity index (χ3n) is 2.38. The van der Waals surface area contributed by atoms with Crippen molar-refractivity contribution in [2.24, 2.45) is 0 Å².